The maximum Gasteiger partial charge on any atom is 0.338 e. The third-order valence-corrected chi connectivity index (χ3v) is 6.69. The van der Waals surface area contributed by atoms with Gasteiger partial charge in [0.1, 0.15) is 17.5 Å². The second kappa shape index (κ2) is 10.2. The van der Waals surface area contributed by atoms with Gasteiger partial charge in [-0.25, -0.2) is 14.6 Å². The Morgan fingerprint density at radius 1 is 1.14 bits per heavy atom. The van der Waals surface area contributed by atoms with E-state index in [0.29, 0.717) is 37.7 Å². The molecule has 4 rings (SSSR count). The summed E-state index contributed by atoms with van der Waals surface area (Å²) in [4.78, 5) is 42.8. The van der Waals surface area contributed by atoms with Crippen LogP contribution in [0.5, 0.6) is 11.5 Å². The summed E-state index contributed by atoms with van der Waals surface area (Å²) in [5.41, 5.74) is 1.72. The van der Waals surface area contributed by atoms with Gasteiger partial charge < -0.3 is 19.3 Å². The molecule has 36 heavy (non-hydrogen) atoms. The van der Waals surface area contributed by atoms with Crippen molar-refractivity contribution in [3.05, 3.63) is 90.1 Å². The molecule has 0 spiro atoms. The largest absolute Gasteiger partial charge is 0.497 e. The maximum absolute atomic E-state index is 13.7. The van der Waals surface area contributed by atoms with Crippen molar-refractivity contribution in [2.75, 3.05) is 20.8 Å². The Kier molecular flexibility index (Phi) is 7.07. The van der Waals surface area contributed by atoms with Crippen LogP contribution in [-0.4, -0.2) is 42.4 Å². The Bertz CT molecular complexity index is 1550. The standard InChI is InChI=1S/C26H24N2O7S/c1-5-35-25(32)21-14(2)27-26-28(22(21)18-11-10-17(33-3)13-19(18)34-4)23(29)20(36-26)12-15-6-8-16(9-7-15)24(30)31/h6-13,22H,5H2,1-4H3,(H,30,31)/b20-12-/t22-/m0/s1. The average Bonchev–Trinajstić information content (AvgIpc) is 3.17. The highest BCUT2D eigenvalue weighted by Crippen LogP contribution is 2.37. The molecule has 2 heterocycles. The molecule has 10 heteroatoms. The number of rotatable bonds is 7. The Morgan fingerprint density at radius 3 is 2.47 bits per heavy atom. The van der Waals surface area contributed by atoms with E-state index in [0.717, 1.165) is 0 Å². The predicted molar refractivity (Wildman–Crippen MR) is 133 cm³/mol. The first-order valence-electron chi connectivity index (χ1n) is 11.0. The summed E-state index contributed by atoms with van der Waals surface area (Å²) in [6, 6.07) is 10.5. The second-order valence-corrected chi connectivity index (χ2v) is 8.85. The molecular weight excluding hydrogens is 484 g/mol. The number of carbonyl (C=O) groups excluding carboxylic acids is 1. The predicted octanol–water partition coefficient (Wildman–Crippen LogP) is 2.51. The molecule has 1 aliphatic rings. The fraction of sp³-hybridized carbons (Fsp3) is 0.231. The van der Waals surface area contributed by atoms with Crippen molar-refractivity contribution in [2.24, 2.45) is 4.99 Å². The smallest absolute Gasteiger partial charge is 0.338 e. The summed E-state index contributed by atoms with van der Waals surface area (Å²) >= 11 is 1.18. The summed E-state index contributed by atoms with van der Waals surface area (Å²) in [7, 11) is 3.04. The number of carboxylic acids is 1. The van der Waals surface area contributed by atoms with Crippen LogP contribution in [0.1, 0.15) is 41.4 Å². The van der Waals surface area contributed by atoms with Crippen LogP contribution in [0, 0.1) is 0 Å². The number of hydrogen-bond donors (Lipinski definition) is 1. The van der Waals surface area contributed by atoms with Crippen molar-refractivity contribution in [1.82, 2.24) is 4.57 Å². The van der Waals surface area contributed by atoms with Crippen molar-refractivity contribution >= 4 is 29.4 Å². The summed E-state index contributed by atoms with van der Waals surface area (Å²) in [5.74, 6) is -0.600. The highest BCUT2D eigenvalue weighted by Gasteiger charge is 2.35. The number of carbonyl (C=O) groups is 2. The van der Waals surface area contributed by atoms with Gasteiger partial charge in [-0.2, -0.15) is 0 Å². The van der Waals surface area contributed by atoms with Gasteiger partial charge in [-0.3, -0.25) is 9.36 Å². The molecule has 0 fully saturated rings. The molecule has 9 nitrogen and oxygen atoms in total. The first kappa shape index (κ1) is 24.9. The number of hydrogen-bond acceptors (Lipinski definition) is 8. The van der Waals surface area contributed by atoms with Gasteiger partial charge in [-0.1, -0.05) is 23.5 Å². The molecule has 0 radical (unpaired) electrons. The maximum atomic E-state index is 13.7. The van der Waals surface area contributed by atoms with E-state index in [2.05, 4.69) is 4.99 Å². The van der Waals surface area contributed by atoms with Gasteiger partial charge in [0, 0.05) is 11.6 Å². The van der Waals surface area contributed by atoms with E-state index in [9.17, 15) is 14.4 Å². The van der Waals surface area contributed by atoms with E-state index in [4.69, 9.17) is 19.3 Å². The van der Waals surface area contributed by atoms with Gasteiger partial charge in [0.05, 0.1) is 42.2 Å². The number of fused-ring (bicyclic) bond motifs is 1. The lowest BCUT2D eigenvalue weighted by molar-refractivity contribution is -0.139. The van der Waals surface area contributed by atoms with Crippen LogP contribution < -0.4 is 24.4 Å². The molecule has 0 amide bonds. The van der Waals surface area contributed by atoms with E-state index in [1.54, 1.807) is 50.3 Å². The number of ether oxygens (including phenoxy) is 3. The number of esters is 1. The van der Waals surface area contributed by atoms with E-state index >= 15 is 0 Å². The number of aromatic nitrogens is 1. The Labute approximate surface area is 210 Å². The average molecular weight is 509 g/mol. The lowest BCUT2D eigenvalue weighted by Gasteiger charge is -2.26. The fourth-order valence-corrected chi connectivity index (χ4v) is 5.05. The Balaban J connectivity index is 1.95. The van der Waals surface area contributed by atoms with Crippen LogP contribution in [0.25, 0.3) is 6.08 Å². The molecule has 1 N–H and O–H groups in total. The molecule has 1 atom stereocenters. The molecule has 1 aliphatic heterocycles. The summed E-state index contributed by atoms with van der Waals surface area (Å²) in [5, 5.41) is 9.13. The highest BCUT2D eigenvalue weighted by atomic mass is 32.1. The van der Waals surface area contributed by atoms with Gasteiger partial charge in [0.15, 0.2) is 4.80 Å². The highest BCUT2D eigenvalue weighted by molar-refractivity contribution is 7.07. The molecule has 186 valence electrons. The molecule has 0 bridgehead atoms. The number of nitrogens with zero attached hydrogens (tertiary/aromatic N) is 2. The van der Waals surface area contributed by atoms with Crippen molar-refractivity contribution in [3.63, 3.8) is 0 Å². The lowest BCUT2D eigenvalue weighted by Crippen LogP contribution is -2.40. The van der Waals surface area contributed by atoms with Crippen LogP contribution in [0.2, 0.25) is 0 Å². The summed E-state index contributed by atoms with van der Waals surface area (Å²) in [6.07, 6.45) is 1.67. The van der Waals surface area contributed by atoms with E-state index in [1.165, 1.54) is 42.3 Å². The third kappa shape index (κ3) is 4.55. The zero-order valence-corrected chi connectivity index (χ0v) is 20.9. The number of carboxylic acid groups (broad SMARTS) is 1. The summed E-state index contributed by atoms with van der Waals surface area (Å²) in [6.45, 7) is 3.58. The van der Waals surface area contributed by atoms with Crippen LogP contribution in [0.3, 0.4) is 0 Å². The van der Waals surface area contributed by atoms with Gasteiger partial charge in [0.2, 0.25) is 0 Å². The quantitative estimate of drug-likeness (QED) is 0.488. The molecule has 0 aliphatic carbocycles. The van der Waals surface area contributed by atoms with Gasteiger partial charge in [-0.15, -0.1) is 0 Å². The fourth-order valence-electron chi connectivity index (χ4n) is 4.00. The minimum absolute atomic E-state index is 0.148. The van der Waals surface area contributed by atoms with Crippen molar-refractivity contribution in [1.29, 1.82) is 0 Å². The first-order chi connectivity index (χ1) is 17.3. The SMILES string of the molecule is CCOC(=O)C1=C(C)N=c2s/c(=C\c3ccc(C(=O)O)cc3)c(=O)n2[C@H]1c1ccc(OC)cc1OC. The molecule has 2 aromatic carbocycles. The zero-order chi connectivity index (χ0) is 26.0. The van der Waals surface area contributed by atoms with E-state index in [1.807, 2.05) is 0 Å². The van der Waals surface area contributed by atoms with Crippen molar-refractivity contribution < 1.29 is 28.9 Å². The lowest BCUT2D eigenvalue weighted by atomic mass is 9.95. The number of aromatic carboxylic acids is 1. The molecule has 1 aromatic heterocycles. The van der Waals surface area contributed by atoms with Crippen LogP contribution >= 0.6 is 11.3 Å². The topological polar surface area (TPSA) is 116 Å². The van der Waals surface area contributed by atoms with Crippen molar-refractivity contribution in [2.45, 2.75) is 19.9 Å². The molecular formula is C26H24N2O7S. The second-order valence-electron chi connectivity index (χ2n) is 7.84. The van der Waals surface area contributed by atoms with Crippen molar-refractivity contribution in [3.8, 4) is 11.5 Å². The number of benzene rings is 2. The third-order valence-electron chi connectivity index (χ3n) is 5.71. The van der Waals surface area contributed by atoms with Gasteiger partial charge >= 0.3 is 11.9 Å². The summed E-state index contributed by atoms with van der Waals surface area (Å²) < 4.78 is 18.1. The molecule has 3 aromatic rings. The monoisotopic (exact) mass is 508 g/mol. The molecule has 0 saturated heterocycles. The zero-order valence-electron chi connectivity index (χ0n) is 20.1. The van der Waals surface area contributed by atoms with Crippen LogP contribution in [0.4, 0.5) is 0 Å². The van der Waals surface area contributed by atoms with E-state index in [-0.39, 0.29) is 23.3 Å². The van der Waals surface area contributed by atoms with Gasteiger partial charge in [-0.05, 0) is 49.8 Å². The Hall–Kier alpha value is -4.18. The molecule has 0 saturated carbocycles. The number of thiazole rings is 1. The Morgan fingerprint density at radius 2 is 1.86 bits per heavy atom. The van der Waals surface area contributed by atoms with Crippen LogP contribution in [0.15, 0.2) is 63.5 Å². The number of allylic oxidation sites excluding steroid dienone is 1. The van der Waals surface area contributed by atoms with E-state index < -0.39 is 18.0 Å². The molecule has 0 unspecified atom stereocenters. The first-order valence-corrected chi connectivity index (χ1v) is 11.9. The normalized spacial score (nSPS) is 15.2. The van der Waals surface area contributed by atoms with Gasteiger partial charge in [0.25, 0.3) is 5.56 Å². The minimum atomic E-state index is -1.03. The van der Waals surface area contributed by atoms with Crippen LogP contribution in [-0.2, 0) is 9.53 Å². The minimum Gasteiger partial charge on any atom is -0.497 e. The number of methoxy groups -OCH3 is 2.